The van der Waals surface area contributed by atoms with Crippen molar-refractivity contribution in [1.29, 1.82) is 0 Å². The van der Waals surface area contributed by atoms with Gasteiger partial charge in [-0.3, -0.25) is 19.3 Å². The maximum absolute atomic E-state index is 12.5. The summed E-state index contributed by atoms with van der Waals surface area (Å²) in [5, 5.41) is 2.63. The molecule has 0 aromatic heterocycles. The fraction of sp³-hybridized carbons (Fsp3) is 0.429. The zero-order valence-electron chi connectivity index (χ0n) is 17.1. The Morgan fingerprint density at radius 3 is 2.10 bits per heavy atom. The van der Waals surface area contributed by atoms with Gasteiger partial charge in [0.2, 0.25) is 17.7 Å². The van der Waals surface area contributed by atoms with E-state index in [0.29, 0.717) is 24.3 Å². The Kier molecular flexibility index (Phi) is 6.39. The molecule has 1 saturated heterocycles. The number of methoxy groups -OCH3 is 3. The Balaban J connectivity index is 1.71. The zero-order valence-corrected chi connectivity index (χ0v) is 17.1. The number of benzene rings is 1. The van der Waals surface area contributed by atoms with E-state index in [-0.39, 0.29) is 47.9 Å². The highest BCUT2D eigenvalue weighted by atomic mass is 16.5. The molecule has 0 spiro atoms. The van der Waals surface area contributed by atoms with Gasteiger partial charge >= 0.3 is 5.97 Å². The van der Waals surface area contributed by atoms with E-state index in [0.717, 1.165) is 4.90 Å². The topological polar surface area (TPSA) is 111 Å². The van der Waals surface area contributed by atoms with Gasteiger partial charge in [-0.2, -0.15) is 0 Å². The van der Waals surface area contributed by atoms with Gasteiger partial charge in [0.1, 0.15) is 0 Å². The molecule has 2 atom stereocenters. The van der Waals surface area contributed by atoms with Crippen LogP contribution in [0.1, 0.15) is 29.6 Å². The average molecular weight is 416 g/mol. The van der Waals surface area contributed by atoms with Crippen molar-refractivity contribution in [1.82, 2.24) is 4.90 Å². The van der Waals surface area contributed by atoms with Gasteiger partial charge in [-0.05, 0) is 12.8 Å². The summed E-state index contributed by atoms with van der Waals surface area (Å²) in [6.07, 6.45) is 4.82. The summed E-state index contributed by atoms with van der Waals surface area (Å²) < 4.78 is 15.2. The van der Waals surface area contributed by atoms with Crippen LogP contribution in [0.4, 0.5) is 5.69 Å². The molecule has 3 rings (SSSR count). The van der Waals surface area contributed by atoms with E-state index in [4.69, 9.17) is 14.2 Å². The molecule has 2 aliphatic rings. The summed E-state index contributed by atoms with van der Waals surface area (Å²) in [5.74, 6) is -1.62. The number of hydrogen-bond donors (Lipinski definition) is 1. The lowest BCUT2D eigenvalue weighted by molar-refractivity contribution is -0.140. The molecule has 0 saturated carbocycles. The number of anilines is 1. The van der Waals surface area contributed by atoms with Crippen LogP contribution in [0, 0.1) is 11.8 Å². The third kappa shape index (κ3) is 4.00. The van der Waals surface area contributed by atoms with Crippen molar-refractivity contribution in [3.63, 3.8) is 0 Å². The van der Waals surface area contributed by atoms with E-state index >= 15 is 0 Å². The quantitative estimate of drug-likeness (QED) is 0.410. The number of carbonyl (C=O) groups is 4. The van der Waals surface area contributed by atoms with Crippen molar-refractivity contribution in [2.75, 3.05) is 33.2 Å². The monoisotopic (exact) mass is 416 g/mol. The second-order valence-electron chi connectivity index (χ2n) is 7.03. The standard InChI is InChI=1S/C21H24N2O7/c1-28-16-10-14(21(27)30-3)15(11-17(16)29-2)22-18(24)8-9-23-19(25)12-6-4-5-7-13(12)20(23)26/h4-5,10-13H,6-9H2,1-3H3,(H,22,24). The van der Waals surface area contributed by atoms with Crippen LogP contribution in [0.15, 0.2) is 24.3 Å². The van der Waals surface area contributed by atoms with Crippen LogP contribution in [0.25, 0.3) is 0 Å². The Bertz CT molecular complexity index is 883. The predicted molar refractivity (Wildman–Crippen MR) is 106 cm³/mol. The second-order valence-corrected chi connectivity index (χ2v) is 7.03. The number of rotatable bonds is 7. The van der Waals surface area contributed by atoms with Gasteiger partial charge in [0.15, 0.2) is 11.5 Å². The van der Waals surface area contributed by atoms with Crippen molar-refractivity contribution < 1.29 is 33.4 Å². The van der Waals surface area contributed by atoms with Gasteiger partial charge < -0.3 is 19.5 Å². The predicted octanol–water partition coefficient (Wildman–Crippen LogP) is 1.77. The van der Waals surface area contributed by atoms with Crippen LogP contribution < -0.4 is 14.8 Å². The largest absolute Gasteiger partial charge is 0.493 e. The minimum absolute atomic E-state index is 0.0165. The summed E-state index contributed by atoms with van der Waals surface area (Å²) in [6, 6.07) is 2.86. The number of ether oxygens (including phenoxy) is 3. The van der Waals surface area contributed by atoms with Gasteiger partial charge in [-0.1, -0.05) is 12.2 Å². The van der Waals surface area contributed by atoms with Gasteiger partial charge in [-0.15, -0.1) is 0 Å². The first-order valence-corrected chi connectivity index (χ1v) is 9.55. The molecule has 9 heteroatoms. The first-order valence-electron chi connectivity index (χ1n) is 9.55. The molecule has 30 heavy (non-hydrogen) atoms. The highest BCUT2D eigenvalue weighted by Gasteiger charge is 2.46. The Morgan fingerprint density at radius 2 is 1.57 bits per heavy atom. The Morgan fingerprint density at radius 1 is 1.00 bits per heavy atom. The second kappa shape index (κ2) is 8.98. The minimum Gasteiger partial charge on any atom is -0.493 e. The molecule has 3 amide bonds. The number of nitrogens with one attached hydrogen (secondary N) is 1. The number of allylic oxidation sites excluding steroid dienone is 2. The van der Waals surface area contributed by atoms with E-state index < -0.39 is 11.9 Å². The summed E-state index contributed by atoms with van der Waals surface area (Å²) in [6.45, 7) is -0.0165. The number of nitrogens with zero attached hydrogens (tertiary/aromatic N) is 1. The lowest BCUT2D eigenvalue weighted by Gasteiger charge is -2.16. The molecule has 1 aromatic carbocycles. The van der Waals surface area contributed by atoms with Crippen molar-refractivity contribution in [2.45, 2.75) is 19.3 Å². The molecule has 9 nitrogen and oxygen atoms in total. The molecule has 1 fully saturated rings. The van der Waals surface area contributed by atoms with Crippen LogP contribution in [-0.2, 0) is 19.1 Å². The smallest absolute Gasteiger partial charge is 0.340 e. The summed E-state index contributed by atoms with van der Waals surface area (Å²) >= 11 is 0. The van der Waals surface area contributed by atoms with Crippen LogP contribution in [-0.4, -0.2) is 56.5 Å². The Hall–Kier alpha value is -3.36. The van der Waals surface area contributed by atoms with Crippen LogP contribution in [0.5, 0.6) is 11.5 Å². The van der Waals surface area contributed by atoms with Crippen LogP contribution >= 0.6 is 0 Å². The molecule has 1 aromatic rings. The van der Waals surface area contributed by atoms with E-state index in [9.17, 15) is 19.2 Å². The first kappa shape index (κ1) is 21.4. The number of likely N-dealkylation sites (tertiary alicyclic amines) is 1. The molecule has 0 radical (unpaired) electrons. The number of esters is 1. The summed E-state index contributed by atoms with van der Waals surface area (Å²) in [4.78, 5) is 50.8. The Labute approximate surface area is 174 Å². The van der Waals surface area contributed by atoms with Crippen molar-refractivity contribution in [2.24, 2.45) is 11.8 Å². The van der Waals surface area contributed by atoms with Gasteiger partial charge in [0, 0.05) is 25.1 Å². The third-order valence-electron chi connectivity index (χ3n) is 5.36. The maximum Gasteiger partial charge on any atom is 0.340 e. The molecular weight excluding hydrogens is 392 g/mol. The molecule has 1 heterocycles. The number of carbonyl (C=O) groups excluding carboxylic acids is 4. The number of amides is 3. The van der Waals surface area contributed by atoms with Crippen molar-refractivity contribution >= 4 is 29.4 Å². The molecule has 1 aliphatic heterocycles. The van der Waals surface area contributed by atoms with E-state index in [1.54, 1.807) is 0 Å². The van der Waals surface area contributed by atoms with E-state index in [1.807, 2.05) is 12.2 Å². The first-order chi connectivity index (χ1) is 14.4. The lowest BCUT2D eigenvalue weighted by Crippen LogP contribution is -2.34. The third-order valence-corrected chi connectivity index (χ3v) is 5.36. The van der Waals surface area contributed by atoms with Crippen LogP contribution in [0.2, 0.25) is 0 Å². The average Bonchev–Trinajstić information content (AvgIpc) is 3.01. The number of hydrogen-bond acceptors (Lipinski definition) is 7. The maximum atomic E-state index is 12.5. The lowest BCUT2D eigenvalue weighted by atomic mass is 9.85. The minimum atomic E-state index is -0.660. The summed E-state index contributed by atoms with van der Waals surface area (Å²) in [5.41, 5.74) is 0.273. The highest BCUT2D eigenvalue weighted by Crippen LogP contribution is 2.36. The fourth-order valence-electron chi connectivity index (χ4n) is 3.78. The van der Waals surface area contributed by atoms with Crippen LogP contribution in [0.3, 0.4) is 0 Å². The van der Waals surface area contributed by atoms with E-state index in [2.05, 4.69) is 5.32 Å². The molecule has 2 unspecified atom stereocenters. The normalized spacial score (nSPS) is 20.0. The fourth-order valence-corrected chi connectivity index (χ4v) is 3.78. The number of imide groups is 1. The molecule has 1 aliphatic carbocycles. The molecule has 160 valence electrons. The van der Waals surface area contributed by atoms with Crippen molar-refractivity contribution in [3.05, 3.63) is 29.8 Å². The van der Waals surface area contributed by atoms with Gasteiger partial charge in [0.25, 0.3) is 0 Å². The van der Waals surface area contributed by atoms with E-state index in [1.165, 1.54) is 33.5 Å². The van der Waals surface area contributed by atoms with Crippen molar-refractivity contribution in [3.8, 4) is 11.5 Å². The summed E-state index contributed by atoms with van der Waals surface area (Å²) in [7, 11) is 4.08. The van der Waals surface area contributed by atoms with Gasteiger partial charge in [0.05, 0.1) is 44.4 Å². The zero-order chi connectivity index (χ0) is 21.8. The number of fused-ring (bicyclic) bond motifs is 1. The van der Waals surface area contributed by atoms with Gasteiger partial charge in [-0.25, -0.2) is 4.79 Å². The molecular formula is C21H24N2O7. The molecule has 0 bridgehead atoms. The highest BCUT2D eigenvalue weighted by molar-refractivity contribution is 6.06. The SMILES string of the molecule is COC(=O)c1cc(OC)c(OC)cc1NC(=O)CCN1C(=O)C2CC=CCC2C1=O. The molecule has 1 N–H and O–H groups in total.